The number of carbonyl (C=O) groups is 1. The van der Waals surface area contributed by atoms with Crippen LogP contribution in [0.4, 0.5) is 0 Å². The fraction of sp³-hybridized carbons (Fsp3) is 0.632. The molecule has 0 spiro atoms. The summed E-state index contributed by atoms with van der Waals surface area (Å²) in [6, 6.07) is 6.10. The number of piperazine rings is 1. The molecule has 4 rings (SSSR count). The van der Waals surface area contributed by atoms with Crippen LogP contribution in [-0.4, -0.2) is 73.2 Å². The standard InChI is InChI=1S/C19H25Cl2N3O2/c20-14-4-3-13(9-15(14)21)10-18(25)24-8-5-22-16-11-26-12-17(19(16)24)23-6-1-2-7-23/h3-4,9,16-17,19,22H,1-2,5-8,10-12H2/t16-,17?,19+/m1/s1. The molecule has 3 saturated heterocycles. The van der Waals surface area contributed by atoms with Crippen LogP contribution < -0.4 is 5.32 Å². The molecule has 1 unspecified atom stereocenters. The summed E-state index contributed by atoms with van der Waals surface area (Å²) in [4.78, 5) is 17.7. The van der Waals surface area contributed by atoms with Crippen molar-refractivity contribution in [3.05, 3.63) is 33.8 Å². The predicted molar refractivity (Wildman–Crippen MR) is 103 cm³/mol. The van der Waals surface area contributed by atoms with E-state index in [-0.39, 0.29) is 24.0 Å². The number of fused-ring (bicyclic) bond motifs is 1. The molecule has 0 aliphatic carbocycles. The summed E-state index contributed by atoms with van der Waals surface area (Å²) in [6.07, 6.45) is 2.82. The Morgan fingerprint density at radius 1 is 1.15 bits per heavy atom. The lowest BCUT2D eigenvalue weighted by atomic mass is 9.92. The quantitative estimate of drug-likeness (QED) is 0.848. The largest absolute Gasteiger partial charge is 0.378 e. The van der Waals surface area contributed by atoms with Gasteiger partial charge in [0.15, 0.2) is 0 Å². The van der Waals surface area contributed by atoms with Crippen LogP contribution >= 0.6 is 23.2 Å². The Bertz CT molecular complexity index is 664. The third-order valence-corrected chi connectivity index (χ3v) is 6.52. The maximum absolute atomic E-state index is 13.1. The molecular formula is C19H25Cl2N3O2. The van der Waals surface area contributed by atoms with E-state index in [0.717, 1.165) is 31.7 Å². The highest BCUT2D eigenvalue weighted by Gasteiger charge is 2.44. The van der Waals surface area contributed by atoms with Gasteiger partial charge in [0.25, 0.3) is 0 Å². The predicted octanol–water partition coefficient (Wildman–Crippen LogP) is 2.20. The molecule has 26 heavy (non-hydrogen) atoms. The molecule has 3 aliphatic heterocycles. The van der Waals surface area contributed by atoms with Crippen molar-refractivity contribution >= 4 is 29.1 Å². The first kappa shape index (κ1) is 18.5. The SMILES string of the molecule is O=C(Cc1ccc(Cl)c(Cl)c1)N1CCN[C@@H]2COCC(N3CCCC3)[C@H]21. The number of nitrogens with one attached hydrogen (secondary N) is 1. The Morgan fingerprint density at radius 3 is 2.73 bits per heavy atom. The molecule has 0 bridgehead atoms. The van der Waals surface area contributed by atoms with Crippen LogP contribution in [0.1, 0.15) is 18.4 Å². The highest BCUT2D eigenvalue weighted by molar-refractivity contribution is 6.42. The van der Waals surface area contributed by atoms with Crippen LogP contribution in [0.5, 0.6) is 0 Å². The summed E-state index contributed by atoms with van der Waals surface area (Å²) in [7, 11) is 0. The minimum atomic E-state index is 0.158. The molecule has 5 nitrogen and oxygen atoms in total. The molecule has 0 aromatic heterocycles. The van der Waals surface area contributed by atoms with Gasteiger partial charge < -0.3 is 15.0 Å². The molecule has 3 atom stereocenters. The first-order chi connectivity index (χ1) is 12.6. The third-order valence-electron chi connectivity index (χ3n) is 5.78. The molecule has 3 aliphatic rings. The molecule has 1 amide bonds. The Labute approximate surface area is 164 Å². The normalized spacial score (nSPS) is 29.6. The molecular weight excluding hydrogens is 373 g/mol. The zero-order valence-electron chi connectivity index (χ0n) is 14.8. The smallest absolute Gasteiger partial charge is 0.227 e. The Hall–Kier alpha value is -0.850. The third kappa shape index (κ3) is 3.73. The zero-order valence-corrected chi connectivity index (χ0v) is 16.3. The number of hydrogen-bond acceptors (Lipinski definition) is 4. The number of halogens is 2. The summed E-state index contributed by atoms with van der Waals surface area (Å²) in [6.45, 7) is 5.14. The monoisotopic (exact) mass is 397 g/mol. The number of amides is 1. The lowest BCUT2D eigenvalue weighted by Crippen LogP contribution is -2.70. The van der Waals surface area contributed by atoms with Crippen molar-refractivity contribution in [2.75, 3.05) is 39.4 Å². The van der Waals surface area contributed by atoms with Crippen LogP contribution in [0.2, 0.25) is 10.0 Å². The van der Waals surface area contributed by atoms with Crippen molar-refractivity contribution in [1.82, 2.24) is 15.1 Å². The van der Waals surface area contributed by atoms with Gasteiger partial charge in [0.2, 0.25) is 5.91 Å². The van der Waals surface area contributed by atoms with Gasteiger partial charge in [0.05, 0.1) is 47.8 Å². The minimum Gasteiger partial charge on any atom is -0.378 e. The molecule has 142 valence electrons. The summed E-state index contributed by atoms with van der Waals surface area (Å²) in [5, 5.41) is 4.57. The second-order valence-corrected chi connectivity index (χ2v) is 8.23. The van der Waals surface area contributed by atoms with E-state index in [0.29, 0.717) is 29.7 Å². The van der Waals surface area contributed by atoms with Crippen LogP contribution in [-0.2, 0) is 16.0 Å². The highest BCUT2D eigenvalue weighted by Crippen LogP contribution is 2.27. The topological polar surface area (TPSA) is 44.8 Å². The fourth-order valence-electron chi connectivity index (χ4n) is 4.52. The van der Waals surface area contributed by atoms with Gasteiger partial charge in [0.1, 0.15) is 0 Å². The van der Waals surface area contributed by atoms with Gasteiger partial charge in [-0.3, -0.25) is 9.69 Å². The number of likely N-dealkylation sites (tertiary alicyclic amines) is 1. The number of rotatable bonds is 3. The number of ether oxygens (including phenoxy) is 1. The van der Waals surface area contributed by atoms with E-state index in [1.54, 1.807) is 12.1 Å². The summed E-state index contributed by atoms with van der Waals surface area (Å²) in [5.74, 6) is 0.158. The van der Waals surface area contributed by atoms with E-state index < -0.39 is 0 Å². The maximum atomic E-state index is 13.1. The van der Waals surface area contributed by atoms with Gasteiger partial charge >= 0.3 is 0 Å². The number of benzene rings is 1. The molecule has 7 heteroatoms. The van der Waals surface area contributed by atoms with Crippen molar-refractivity contribution in [3.63, 3.8) is 0 Å². The second-order valence-electron chi connectivity index (χ2n) is 7.41. The number of hydrogen-bond donors (Lipinski definition) is 1. The summed E-state index contributed by atoms with van der Waals surface area (Å²) in [5.41, 5.74) is 0.907. The molecule has 3 fully saturated rings. The molecule has 1 aromatic carbocycles. The lowest BCUT2D eigenvalue weighted by molar-refractivity contribution is -0.142. The van der Waals surface area contributed by atoms with Crippen LogP contribution in [0, 0.1) is 0 Å². The van der Waals surface area contributed by atoms with Gasteiger partial charge in [-0.15, -0.1) is 0 Å². The van der Waals surface area contributed by atoms with Gasteiger partial charge in [-0.2, -0.15) is 0 Å². The molecule has 0 radical (unpaired) electrons. The van der Waals surface area contributed by atoms with E-state index in [9.17, 15) is 4.79 Å². The van der Waals surface area contributed by atoms with Gasteiger partial charge in [-0.1, -0.05) is 29.3 Å². The van der Waals surface area contributed by atoms with E-state index >= 15 is 0 Å². The second kappa shape index (κ2) is 8.03. The molecule has 3 heterocycles. The van der Waals surface area contributed by atoms with E-state index in [2.05, 4.69) is 15.1 Å². The summed E-state index contributed by atoms with van der Waals surface area (Å²) < 4.78 is 5.87. The average Bonchev–Trinajstić information content (AvgIpc) is 3.18. The summed E-state index contributed by atoms with van der Waals surface area (Å²) >= 11 is 12.1. The Kier molecular flexibility index (Phi) is 5.72. The van der Waals surface area contributed by atoms with Gasteiger partial charge in [-0.05, 0) is 43.6 Å². The minimum absolute atomic E-state index is 0.158. The zero-order chi connectivity index (χ0) is 18.1. The van der Waals surface area contributed by atoms with E-state index in [4.69, 9.17) is 27.9 Å². The molecule has 1 N–H and O–H groups in total. The number of carbonyl (C=O) groups excluding carboxylic acids is 1. The van der Waals surface area contributed by atoms with E-state index in [1.165, 1.54) is 12.8 Å². The molecule has 0 saturated carbocycles. The Morgan fingerprint density at radius 2 is 1.96 bits per heavy atom. The van der Waals surface area contributed by atoms with Crippen molar-refractivity contribution < 1.29 is 9.53 Å². The fourth-order valence-corrected chi connectivity index (χ4v) is 4.84. The van der Waals surface area contributed by atoms with Crippen molar-refractivity contribution in [1.29, 1.82) is 0 Å². The van der Waals surface area contributed by atoms with Crippen molar-refractivity contribution in [2.45, 2.75) is 37.4 Å². The average molecular weight is 398 g/mol. The van der Waals surface area contributed by atoms with Crippen molar-refractivity contribution in [3.8, 4) is 0 Å². The van der Waals surface area contributed by atoms with Crippen LogP contribution in [0.15, 0.2) is 18.2 Å². The van der Waals surface area contributed by atoms with Gasteiger partial charge in [-0.25, -0.2) is 0 Å². The maximum Gasteiger partial charge on any atom is 0.227 e. The number of nitrogens with zero attached hydrogens (tertiary/aromatic N) is 2. The van der Waals surface area contributed by atoms with Gasteiger partial charge in [0, 0.05) is 13.1 Å². The lowest BCUT2D eigenvalue weighted by Gasteiger charge is -2.50. The van der Waals surface area contributed by atoms with Crippen LogP contribution in [0.25, 0.3) is 0 Å². The first-order valence-electron chi connectivity index (χ1n) is 9.42. The van der Waals surface area contributed by atoms with Crippen LogP contribution in [0.3, 0.4) is 0 Å². The molecule has 1 aromatic rings. The Balaban J connectivity index is 1.52. The first-order valence-corrected chi connectivity index (χ1v) is 10.2. The van der Waals surface area contributed by atoms with E-state index in [1.807, 2.05) is 6.07 Å². The van der Waals surface area contributed by atoms with Crippen molar-refractivity contribution in [2.24, 2.45) is 0 Å². The highest BCUT2D eigenvalue weighted by atomic mass is 35.5.